The quantitative estimate of drug-likeness (QED) is 0.600. The molecule has 2 atom stereocenters. The topological polar surface area (TPSA) is 105 Å². The molecule has 0 aliphatic heterocycles. The van der Waals surface area contributed by atoms with Crippen LogP contribution < -0.4 is 15.4 Å². The minimum atomic E-state index is -0.938. The van der Waals surface area contributed by atoms with E-state index in [2.05, 4.69) is 10.6 Å². The maximum atomic E-state index is 12.6. The van der Waals surface area contributed by atoms with Crippen LogP contribution in [-0.2, 0) is 14.4 Å². The van der Waals surface area contributed by atoms with Crippen molar-refractivity contribution in [1.29, 1.82) is 0 Å². The Hall–Kier alpha value is -3.35. The number of hydrogen-bond acceptors (Lipinski definition) is 4. The van der Waals surface area contributed by atoms with Gasteiger partial charge in [-0.15, -0.1) is 0 Å². The van der Waals surface area contributed by atoms with E-state index in [1.165, 1.54) is 6.92 Å². The van der Waals surface area contributed by atoms with Crippen molar-refractivity contribution < 1.29 is 24.2 Å². The highest BCUT2D eigenvalue weighted by Crippen LogP contribution is 2.28. The fraction of sp³-hybridized carbons (Fsp3) is 0.318. The summed E-state index contributed by atoms with van der Waals surface area (Å²) >= 11 is 0. The van der Waals surface area contributed by atoms with Crippen LogP contribution in [0.15, 0.2) is 48.5 Å². The Bertz CT molecular complexity index is 881. The van der Waals surface area contributed by atoms with Crippen molar-refractivity contribution in [3.63, 3.8) is 0 Å². The van der Waals surface area contributed by atoms with Gasteiger partial charge in [0.25, 0.3) is 0 Å². The molecule has 2 unspecified atom stereocenters. The number of aliphatic carboxylic acids is 1. The number of carbonyl (C=O) groups is 3. The smallest absolute Gasteiger partial charge is 0.310 e. The highest BCUT2D eigenvalue weighted by molar-refractivity contribution is 5.92. The minimum Gasteiger partial charge on any atom is -0.494 e. The van der Waals surface area contributed by atoms with E-state index in [4.69, 9.17) is 9.84 Å². The van der Waals surface area contributed by atoms with Crippen LogP contribution in [0.3, 0.4) is 0 Å². The molecule has 3 N–H and O–H groups in total. The maximum absolute atomic E-state index is 12.6. The van der Waals surface area contributed by atoms with Crippen molar-refractivity contribution >= 4 is 23.5 Å². The van der Waals surface area contributed by atoms with Gasteiger partial charge < -0.3 is 20.5 Å². The number of para-hydroxylation sites is 1. The summed E-state index contributed by atoms with van der Waals surface area (Å²) in [7, 11) is 0. The predicted octanol–water partition coefficient (Wildman–Crippen LogP) is 3.48. The Morgan fingerprint density at radius 2 is 1.83 bits per heavy atom. The lowest BCUT2D eigenvalue weighted by molar-refractivity contribution is -0.138. The molecule has 0 bridgehead atoms. The number of ether oxygens (including phenoxy) is 1. The van der Waals surface area contributed by atoms with Gasteiger partial charge in [0.2, 0.25) is 11.8 Å². The number of amides is 2. The van der Waals surface area contributed by atoms with Crippen molar-refractivity contribution in [1.82, 2.24) is 5.32 Å². The molecular formula is C22H26N2O5. The second-order valence-electron chi connectivity index (χ2n) is 6.66. The molecule has 0 fully saturated rings. The van der Waals surface area contributed by atoms with Gasteiger partial charge in [0, 0.05) is 18.2 Å². The third-order valence-corrected chi connectivity index (χ3v) is 4.40. The number of carboxylic acids is 1. The highest BCUT2D eigenvalue weighted by atomic mass is 16.5. The Kier molecular flexibility index (Phi) is 7.77. The summed E-state index contributed by atoms with van der Waals surface area (Å²) in [5, 5.41) is 14.7. The van der Waals surface area contributed by atoms with Crippen molar-refractivity contribution in [2.45, 2.75) is 39.2 Å². The van der Waals surface area contributed by atoms with Crippen LogP contribution in [0.2, 0.25) is 0 Å². The lowest BCUT2D eigenvalue weighted by Gasteiger charge is -2.21. The van der Waals surface area contributed by atoms with Gasteiger partial charge >= 0.3 is 5.97 Å². The van der Waals surface area contributed by atoms with Crippen molar-refractivity contribution in [2.24, 2.45) is 0 Å². The van der Waals surface area contributed by atoms with Gasteiger partial charge in [0.15, 0.2) is 0 Å². The van der Waals surface area contributed by atoms with E-state index in [-0.39, 0.29) is 18.2 Å². The first-order valence-corrected chi connectivity index (χ1v) is 9.43. The molecule has 7 nitrogen and oxygen atoms in total. The van der Waals surface area contributed by atoms with E-state index in [9.17, 15) is 14.4 Å². The van der Waals surface area contributed by atoms with E-state index in [0.29, 0.717) is 29.2 Å². The third-order valence-electron chi connectivity index (χ3n) is 4.40. The summed E-state index contributed by atoms with van der Waals surface area (Å²) in [5.74, 6) is -1.58. The van der Waals surface area contributed by atoms with Crippen LogP contribution in [0.1, 0.15) is 50.3 Å². The summed E-state index contributed by atoms with van der Waals surface area (Å²) in [6.45, 7) is 5.30. The van der Waals surface area contributed by atoms with Crippen LogP contribution in [0, 0.1) is 0 Å². The fourth-order valence-corrected chi connectivity index (χ4v) is 2.97. The molecule has 0 spiro atoms. The Balaban J connectivity index is 2.18. The zero-order chi connectivity index (χ0) is 21.4. The van der Waals surface area contributed by atoms with Gasteiger partial charge in [-0.3, -0.25) is 14.4 Å². The standard InChI is InChI=1S/C22H26N2O5/c1-4-29-20-11-6-5-10-18(20)19(23-15(3)25)13-21(26)24-17-9-7-8-16(12-17)14(2)22(27)28/h5-12,14,19H,4,13H2,1-3H3,(H,23,25)(H,24,26)(H,27,28). The van der Waals surface area contributed by atoms with Crippen LogP contribution in [0.4, 0.5) is 5.69 Å². The van der Waals surface area contributed by atoms with E-state index < -0.39 is 17.9 Å². The van der Waals surface area contributed by atoms with Crippen LogP contribution in [0.5, 0.6) is 5.75 Å². The average molecular weight is 398 g/mol. The number of hydrogen-bond donors (Lipinski definition) is 3. The van der Waals surface area contributed by atoms with Crippen LogP contribution in [-0.4, -0.2) is 29.5 Å². The third kappa shape index (κ3) is 6.34. The summed E-state index contributed by atoms with van der Waals surface area (Å²) in [5.41, 5.74) is 1.81. The summed E-state index contributed by atoms with van der Waals surface area (Å²) in [6.07, 6.45) is 0.00236. The molecule has 0 aliphatic rings. The van der Waals surface area contributed by atoms with Crippen molar-refractivity contribution in [3.8, 4) is 5.75 Å². The fourth-order valence-electron chi connectivity index (χ4n) is 2.97. The molecule has 0 saturated carbocycles. The molecule has 2 aromatic carbocycles. The van der Waals surface area contributed by atoms with Crippen molar-refractivity contribution in [2.75, 3.05) is 11.9 Å². The molecule has 0 aliphatic carbocycles. The van der Waals surface area contributed by atoms with Gasteiger partial charge in [0.1, 0.15) is 5.75 Å². The molecule has 7 heteroatoms. The lowest BCUT2D eigenvalue weighted by Crippen LogP contribution is -2.30. The van der Waals surface area contributed by atoms with Crippen molar-refractivity contribution in [3.05, 3.63) is 59.7 Å². The molecule has 0 aromatic heterocycles. The Labute approximate surface area is 170 Å². The van der Waals surface area contributed by atoms with E-state index in [1.807, 2.05) is 25.1 Å². The first-order valence-electron chi connectivity index (χ1n) is 9.43. The molecule has 0 saturated heterocycles. The summed E-state index contributed by atoms with van der Waals surface area (Å²) in [4.78, 5) is 35.5. The molecular weight excluding hydrogens is 372 g/mol. The molecule has 2 rings (SSSR count). The average Bonchev–Trinajstić information content (AvgIpc) is 2.67. The predicted molar refractivity (Wildman–Crippen MR) is 110 cm³/mol. The van der Waals surface area contributed by atoms with Crippen LogP contribution in [0.25, 0.3) is 0 Å². The SMILES string of the molecule is CCOc1ccccc1C(CC(=O)Nc1cccc(C(C)C(=O)O)c1)NC(C)=O. The second kappa shape index (κ2) is 10.3. The minimum absolute atomic E-state index is 0.00236. The largest absolute Gasteiger partial charge is 0.494 e. The number of carbonyl (C=O) groups excluding carboxylic acids is 2. The normalized spacial score (nSPS) is 12.5. The molecule has 154 valence electrons. The van der Waals surface area contributed by atoms with Gasteiger partial charge in [-0.25, -0.2) is 0 Å². The van der Waals surface area contributed by atoms with Crippen LogP contribution >= 0.6 is 0 Å². The van der Waals surface area contributed by atoms with Gasteiger partial charge in [0.05, 0.1) is 25.0 Å². The number of carboxylic acid groups (broad SMARTS) is 1. The van der Waals surface area contributed by atoms with E-state index in [1.54, 1.807) is 37.3 Å². The Morgan fingerprint density at radius 1 is 1.10 bits per heavy atom. The summed E-state index contributed by atoms with van der Waals surface area (Å²) in [6, 6.07) is 13.4. The first kappa shape index (κ1) is 21.9. The van der Waals surface area contributed by atoms with Gasteiger partial charge in [-0.1, -0.05) is 30.3 Å². The number of benzene rings is 2. The van der Waals surface area contributed by atoms with Gasteiger partial charge in [-0.2, -0.15) is 0 Å². The Morgan fingerprint density at radius 3 is 2.48 bits per heavy atom. The molecule has 2 amide bonds. The molecule has 0 heterocycles. The second-order valence-corrected chi connectivity index (χ2v) is 6.66. The number of anilines is 1. The first-order chi connectivity index (χ1) is 13.8. The summed E-state index contributed by atoms with van der Waals surface area (Å²) < 4.78 is 5.63. The lowest BCUT2D eigenvalue weighted by atomic mass is 10.0. The van der Waals surface area contributed by atoms with E-state index >= 15 is 0 Å². The zero-order valence-corrected chi connectivity index (χ0v) is 16.8. The number of rotatable bonds is 9. The number of nitrogens with one attached hydrogen (secondary N) is 2. The molecule has 0 radical (unpaired) electrons. The van der Waals surface area contributed by atoms with E-state index in [0.717, 1.165) is 0 Å². The monoisotopic (exact) mass is 398 g/mol. The maximum Gasteiger partial charge on any atom is 0.310 e. The highest BCUT2D eigenvalue weighted by Gasteiger charge is 2.21. The zero-order valence-electron chi connectivity index (χ0n) is 16.8. The molecule has 29 heavy (non-hydrogen) atoms. The molecule has 2 aromatic rings. The van der Waals surface area contributed by atoms with Gasteiger partial charge in [-0.05, 0) is 37.6 Å².